The van der Waals surface area contributed by atoms with Crippen molar-refractivity contribution in [3.05, 3.63) is 23.8 Å². The quantitative estimate of drug-likeness (QED) is 0.901. The lowest BCUT2D eigenvalue weighted by atomic mass is 10.0. The Labute approximate surface area is 130 Å². The summed E-state index contributed by atoms with van der Waals surface area (Å²) in [6, 6.07) is 2.44. The number of carboxylic acids is 1. The minimum absolute atomic E-state index is 0.0424. The van der Waals surface area contributed by atoms with Crippen LogP contribution in [0.3, 0.4) is 0 Å². The maximum atomic E-state index is 12.2. The van der Waals surface area contributed by atoms with Crippen molar-refractivity contribution in [3.8, 4) is 5.75 Å². The number of nitrogens with zero attached hydrogens (tertiary/aromatic N) is 1. The number of carboxylic acid groups (broad SMARTS) is 1. The molecule has 8 heteroatoms. The monoisotopic (exact) mass is 331 g/mol. The molecule has 1 amide bonds. The molecule has 0 aliphatic carbocycles. The Morgan fingerprint density at radius 2 is 2.04 bits per heavy atom. The number of carbonyl (C=O) groups is 2. The van der Waals surface area contributed by atoms with Gasteiger partial charge in [0.1, 0.15) is 11.8 Å². The first-order valence-electron chi connectivity index (χ1n) is 7.02. The third kappa shape index (κ3) is 3.94. The first-order chi connectivity index (χ1) is 10.6. The van der Waals surface area contributed by atoms with Gasteiger partial charge in [0.2, 0.25) is 5.91 Å². The fourth-order valence-corrected chi connectivity index (χ4v) is 2.62. The zero-order valence-electron chi connectivity index (χ0n) is 12.6. The highest BCUT2D eigenvalue weighted by Crippen LogP contribution is 2.36. The average Bonchev–Trinajstić information content (AvgIpc) is 2.68. The van der Waals surface area contributed by atoms with Crippen molar-refractivity contribution in [3.63, 3.8) is 0 Å². The number of carbonyl (C=O) groups excluding carboxylic acids is 1. The normalized spacial score (nSPS) is 15.7. The molecule has 2 rings (SSSR count). The number of aliphatic carboxylic acids is 1. The third-order valence-corrected chi connectivity index (χ3v) is 3.45. The predicted octanol–water partition coefficient (Wildman–Crippen LogP) is 2.97. The summed E-state index contributed by atoms with van der Waals surface area (Å²) in [5, 5.41) is 9.37. The van der Waals surface area contributed by atoms with Crippen LogP contribution >= 0.6 is 0 Å². The Bertz CT molecular complexity index is 628. The van der Waals surface area contributed by atoms with Crippen LogP contribution in [0, 0.1) is 5.92 Å². The van der Waals surface area contributed by atoms with Crippen LogP contribution in [0.1, 0.15) is 25.8 Å². The molecule has 0 bridgehead atoms. The van der Waals surface area contributed by atoms with Gasteiger partial charge in [-0.05, 0) is 36.1 Å². The van der Waals surface area contributed by atoms with E-state index in [4.69, 9.17) is 0 Å². The number of alkyl halides is 3. The molecule has 126 valence electrons. The lowest BCUT2D eigenvalue weighted by Crippen LogP contribution is -2.44. The Hall–Kier alpha value is -2.25. The van der Waals surface area contributed by atoms with E-state index in [9.17, 15) is 27.9 Å². The van der Waals surface area contributed by atoms with Crippen LogP contribution in [0.4, 0.5) is 18.9 Å². The first-order valence-corrected chi connectivity index (χ1v) is 7.02. The van der Waals surface area contributed by atoms with E-state index in [0.717, 1.165) is 17.0 Å². The highest BCUT2D eigenvalue weighted by molar-refractivity contribution is 6.05. The fraction of sp³-hybridized carbons (Fsp3) is 0.467. The lowest BCUT2D eigenvalue weighted by molar-refractivity contribution is -0.274. The first kappa shape index (κ1) is 17.1. The molecule has 1 heterocycles. The van der Waals surface area contributed by atoms with Crippen molar-refractivity contribution in [2.24, 2.45) is 5.92 Å². The van der Waals surface area contributed by atoms with Gasteiger partial charge in [-0.1, -0.05) is 13.8 Å². The number of hydrogen-bond acceptors (Lipinski definition) is 3. The molecule has 0 radical (unpaired) electrons. The van der Waals surface area contributed by atoms with E-state index in [1.54, 1.807) is 0 Å². The SMILES string of the molecule is CC(C)CC(C(=O)O)N1C(=O)Cc2cc(OC(F)(F)F)ccc21. The van der Waals surface area contributed by atoms with Crippen LogP contribution in [-0.4, -0.2) is 29.4 Å². The standard InChI is InChI=1S/C15H16F3NO4/c1-8(2)5-12(14(21)22)19-11-4-3-10(23-15(16,17)18)6-9(11)7-13(19)20/h3-4,6,8,12H,5,7H2,1-2H3,(H,21,22). The molecular formula is C15H16F3NO4. The van der Waals surface area contributed by atoms with Gasteiger partial charge < -0.3 is 9.84 Å². The molecule has 0 fully saturated rings. The highest BCUT2D eigenvalue weighted by Gasteiger charge is 2.38. The smallest absolute Gasteiger partial charge is 0.480 e. The van der Waals surface area contributed by atoms with E-state index in [1.165, 1.54) is 6.07 Å². The Morgan fingerprint density at radius 3 is 2.57 bits per heavy atom. The van der Waals surface area contributed by atoms with Gasteiger partial charge in [0.25, 0.3) is 0 Å². The van der Waals surface area contributed by atoms with Crippen molar-refractivity contribution in [1.29, 1.82) is 0 Å². The van der Waals surface area contributed by atoms with Gasteiger partial charge in [0.15, 0.2) is 0 Å². The second-order valence-electron chi connectivity index (χ2n) is 5.76. The second-order valence-corrected chi connectivity index (χ2v) is 5.76. The number of hydrogen-bond donors (Lipinski definition) is 1. The zero-order chi connectivity index (χ0) is 17.4. The molecule has 1 aliphatic rings. The van der Waals surface area contributed by atoms with E-state index in [2.05, 4.69) is 4.74 Å². The van der Waals surface area contributed by atoms with Crippen LogP contribution in [-0.2, 0) is 16.0 Å². The largest absolute Gasteiger partial charge is 0.573 e. The summed E-state index contributed by atoms with van der Waals surface area (Å²) in [6.45, 7) is 3.66. The lowest BCUT2D eigenvalue weighted by Gasteiger charge is -2.26. The zero-order valence-corrected chi connectivity index (χ0v) is 12.6. The molecule has 1 aliphatic heterocycles. The van der Waals surface area contributed by atoms with Crippen LogP contribution in [0.25, 0.3) is 0 Å². The van der Waals surface area contributed by atoms with Crippen molar-refractivity contribution in [2.75, 3.05) is 4.90 Å². The van der Waals surface area contributed by atoms with Crippen molar-refractivity contribution >= 4 is 17.6 Å². The van der Waals surface area contributed by atoms with Crippen molar-refractivity contribution < 1.29 is 32.6 Å². The molecule has 1 unspecified atom stereocenters. The molecular weight excluding hydrogens is 315 g/mol. The number of ether oxygens (including phenoxy) is 1. The van der Waals surface area contributed by atoms with E-state index < -0.39 is 30.0 Å². The minimum Gasteiger partial charge on any atom is -0.480 e. The maximum Gasteiger partial charge on any atom is 0.573 e. The van der Waals surface area contributed by atoms with Crippen LogP contribution < -0.4 is 9.64 Å². The summed E-state index contributed by atoms with van der Waals surface area (Å²) >= 11 is 0. The summed E-state index contributed by atoms with van der Waals surface area (Å²) < 4.78 is 40.6. The number of benzene rings is 1. The molecule has 23 heavy (non-hydrogen) atoms. The van der Waals surface area contributed by atoms with Crippen LogP contribution in [0.2, 0.25) is 0 Å². The van der Waals surface area contributed by atoms with Crippen molar-refractivity contribution in [2.45, 2.75) is 39.1 Å². The molecule has 0 saturated carbocycles. The predicted molar refractivity (Wildman–Crippen MR) is 75.2 cm³/mol. The number of halogens is 3. The average molecular weight is 331 g/mol. The minimum atomic E-state index is -4.82. The Kier molecular flexibility index (Phi) is 4.53. The summed E-state index contributed by atoms with van der Waals surface area (Å²) in [5.74, 6) is -1.98. The van der Waals surface area contributed by atoms with Crippen molar-refractivity contribution in [1.82, 2.24) is 0 Å². The van der Waals surface area contributed by atoms with Crippen LogP contribution in [0.5, 0.6) is 5.75 Å². The van der Waals surface area contributed by atoms with Gasteiger partial charge in [-0.25, -0.2) is 4.79 Å². The number of anilines is 1. The second kappa shape index (κ2) is 6.10. The summed E-state index contributed by atoms with van der Waals surface area (Å²) in [6.07, 6.45) is -4.72. The third-order valence-electron chi connectivity index (χ3n) is 3.45. The number of fused-ring (bicyclic) bond motifs is 1. The van der Waals surface area contributed by atoms with Gasteiger partial charge in [-0.3, -0.25) is 9.69 Å². The van der Waals surface area contributed by atoms with Gasteiger partial charge in [-0.15, -0.1) is 13.2 Å². The molecule has 0 aromatic heterocycles. The molecule has 1 aromatic rings. The van der Waals surface area contributed by atoms with E-state index in [0.29, 0.717) is 11.3 Å². The summed E-state index contributed by atoms with van der Waals surface area (Å²) in [5.41, 5.74) is 0.643. The highest BCUT2D eigenvalue weighted by atomic mass is 19.4. The van der Waals surface area contributed by atoms with Gasteiger partial charge in [-0.2, -0.15) is 0 Å². The number of amides is 1. The molecule has 1 atom stereocenters. The molecule has 0 spiro atoms. The number of rotatable bonds is 5. The van der Waals surface area contributed by atoms with Gasteiger partial charge >= 0.3 is 12.3 Å². The Morgan fingerprint density at radius 1 is 1.39 bits per heavy atom. The molecule has 0 saturated heterocycles. The summed E-state index contributed by atoms with van der Waals surface area (Å²) in [4.78, 5) is 24.8. The molecule has 1 N–H and O–H groups in total. The molecule has 1 aromatic carbocycles. The van der Waals surface area contributed by atoms with E-state index in [-0.39, 0.29) is 18.8 Å². The summed E-state index contributed by atoms with van der Waals surface area (Å²) in [7, 11) is 0. The van der Waals surface area contributed by atoms with E-state index >= 15 is 0 Å². The Balaban J connectivity index is 2.33. The van der Waals surface area contributed by atoms with Crippen LogP contribution in [0.15, 0.2) is 18.2 Å². The van der Waals surface area contributed by atoms with Gasteiger partial charge in [0, 0.05) is 5.69 Å². The maximum absolute atomic E-state index is 12.2. The van der Waals surface area contributed by atoms with Gasteiger partial charge in [0.05, 0.1) is 6.42 Å². The van der Waals surface area contributed by atoms with E-state index in [1.807, 2.05) is 13.8 Å². The molecule has 5 nitrogen and oxygen atoms in total. The fourth-order valence-electron chi connectivity index (χ4n) is 2.62. The topological polar surface area (TPSA) is 66.8 Å².